The van der Waals surface area contributed by atoms with Crippen LogP contribution in [0.5, 0.6) is 0 Å². The zero-order valence-electron chi connectivity index (χ0n) is 14.3. The van der Waals surface area contributed by atoms with Crippen LogP contribution in [0.25, 0.3) is 11.3 Å². The Bertz CT molecular complexity index is 910. The molecule has 134 valence electrons. The molecular weight excluding hydrogens is 354 g/mol. The van der Waals surface area contributed by atoms with Gasteiger partial charge in [-0.3, -0.25) is 4.79 Å². The van der Waals surface area contributed by atoms with Gasteiger partial charge in [0.1, 0.15) is 11.5 Å². The van der Waals surface area contributed by atoms with Crippen LogP contribution >= 0.6 is 11.6 Å². The van der Waals surface area contributed by atoms with Crippen LogP contribution in [0.3, 0.4) is 0 Å². The lowest BCUT2D eigenvalue weighted by atomic mass is 10.1. The van der Waals surface area contributed by atoms with E-state index in [1.165, 1.54) is 0 Å². The van der Waals surface area contributed by atoms with Gasteiger partial charge in [0.15, 0.2) is 0 Å². The van der Waals surface area contributed by atoms with Crippen molar-refractivity contribution >= 4 is 23.5 Å². The molecule has 1 amide bonds. The molecule has 5 nitrogen and oxygen atoms in total. The van der Waals surface area contributed by atoms with E-state index in [0.29, 0.717) is 52.0 Å². The molecule has 0 unspecified atom stereocenters. The van der Waals surface area contributed by atoms with E-state index in [4.69, 9.17) is 20.8 Å². The van der Waals surface area contributed by atoms with Crippen LogP contribution in [0.2, 0.25) is 5.02 Å². The lowest BCUT2D eigenvalue weighted by molar-refractivity contribution is -0.116. The predicted molar refractivity (Wildman–Crippen MR) is 98.8 cm³/mol. The van der Waals surface area contributed by atoms with Crippen LogP contribution in [0.4, 0.5) is 0 Å². The van der Waals surface area contributed by atoms with Gasteiger partial charge in [-0.2, -0.15) is 0 Å². The van der Waals surface area contributed by atoms with Gasteiger partial charge in [-0.1, -0.05) is 25.1 Å². The molecular formula is C20H18ClNO4. The summed E-state index contributed by atoms with van der Waals surface area (Å²) >= 11 is 6.11. The number of rotatable bonds is 6. The van der Waals surface area contributed by atoms with Gasteiger partial charge < -0.3 is 14.5 Å². The van der Waals surface area contributed by atoms with E-state index < -0.39 is 5.97 Å². The highest BCUT2D eigenvalue weighted by Gasteiger charge is 2.19. The summed E-state index contributed by atoms with van der Waals surface area (Å²) in [4.78, 5) is 23.9. The van der Waals surface area contributed by atoms with Crippen LogP contribution in [-0.2, 0) is 16.0 Å². The monoisotopic (exact) mass is 371 g/mol. The third-order valence-corrected chi connectivity index (χ3v) is 4.18. The maximum absolute atomic E-state index is 12.1. The van der Waals surface area contributed by atoms with E-state index in [0.717, 1.165) is 6.42 Å². The van der Waals surface area contributed by atoms with Crippen molar-refractivity contribution in [2.75, 3.05) is 6.61 Å². The summed E-state index contributed by atoms with van der Waals surface area (Å²) in [6.45, 7) is 5.97. The normalized spacial score (nSPS) is 13.5. The quantitative estimate of drug-likeness (QED) is 0.769. The molecule has 0 bridgehead atoms. The van der Waals surface area contributed by atoms with Gasteiger partial charge in [0, 0.05) is 23.3 Å². The molecule has 0 saturated heterocycles. The largest absolute Gasteiger partial charge is 0.462 e. The second kappa shape index (κ2) is 7.62. The third-order valence-electron chi connectivity index (χ3n) is 3.85. The number of hydrogen-bond donors (Lipinski definition) is 1. The average Bonchev–Trinajstić information content (AvgIpc) is 3.20. The van der Waals surface area contributed by atoms with Crippen LogP contribution in [-0.4, -0.2) is 18.5 Å². The van der Waals surface area contributed by atoms with Crippen molar-refractivity contribution in [3.05, 3.63) is 70.6 Å². The Balaban J connectivity index is 1.81. The molecule has 1 N–H and O–H groups in total. The minimum atomic E-state index is -0.461. The smallest absolute Gasteiger partial charge is 0.339 e. The van der Waals surface area contributed by atoms with Crippen molar-refractivity contribution < 1.29 is 18.7 Å². The zero-order chi connectivity index (χ0) is 18.7. The summed E-state index contributed by atoms with van der Waals surface area (Å²) in [7, 11) is 0. The minimum absolute atomic E-state index is 0.166. The fourth-order valence-electron chi connectivity index (χ4n) is 2.59. The molecule has 6 heteroatoms. The van der Waals surface area contributed by atoms with Crippen LogP contribution in [0.15, 0.2) is 58.7 Å². The van der Waals surface area contributed by atoms with E-state index in [9.17, 15) is 9.59 Å². The molecule has 0 spiro atoms. The minimum Gasteiger partial charge on any atom is -0.462 e. The number of furan rings is 1. The highest BCUT2D eigenvalue weighted by molar-refractivity contribution is 6.33. The number of nitrogens with one attached hydrogen (secondary N) is 1. The highest BCUT2D eigenvalue weighted by atomic mass is 35.5. The molecule has 0 fully saturated rings. The van der Waals surface area contributed by atoms with Gasteiger partial charge in [-0.15, -0.1) is 0 Å². The SMILES string of the molecule is C=C1C=C(Cc2ccc(-c3ccc(Cl)c(C(=O)OCCC)c3)o2)C(=O)N1. The van der Waals surface area contributed by atoms with Crippen LogP contribution < -0.4 is 5.32 Å². The second-order valence-electron chi connectivity index (χ2n) is 5.92. The van der Waals surface area contributed by atoms with E-state index in [-0.39, 0.29) is 5.91 Å². The number of esters is 1. The Kier molecular flexibility index (Phi) is 5.28. The number of carbonyl (C=O) groups is 2. The lowest BCUT2D eigenvalue weighted by Gasteiger charge is -2.07. The number of ether oxygens (including phenoxy) is 1. The maximum atomic E-state index is 12.1. The Morgan fingerprint density at radius 1 is 1.31 bits per heavy atom. The molecule has 0 atom stereocenters. The summed E-state index contributed by atoms with van der Waals surface area (Å²) in [5, 5.41) is 2.96. The molecule has 1 aromatic carbocycles. The van der Waals surface area contributed by atoms with E-state index >= 15 is 0 Å². The Morgan fingerprint density at radius 3 is 2.81 bits per heavy atom. The average molecular weight is 372 g/mol. The first-order chi connectivity index (χ1) is 12.5. The van der Waals surface area contributed by atoms with Crippen LogP contribution in [0.1, 0.15) is 29.5 Å². The van der Waals surface area contributed by atoms with Gasteiger partial charge in [0.25, 0.3) is 5.91 Å². The molecule has 0 saturated carbocycles. The number of benzene rings is 1. The van der Waals surface area contributed by atoms with Crippen molar-refractivity contribution in [1.29, 1.82) is 0 Å². The highest BCUT2D eigenvalue weighted by Crippen LogP contribution is 2.28. The van der Waals surface area contributed by atoms with Gasteiger partial charge in [-0.05, 0) is 42.8 Å². The van der Waals surface area contributed by atoms with Crippen LogP contribution in [0, 0.1) is 0 Å². The van der Waals surface area contributed by atoms with Gasteiger partial charge in [-0.25, -0.2) is 4.79 Å². The lowest BCUT2D eigenvalue weighted by Crippen LogP contribution is -2.16. The summed E-state index contributed by atoms with van der Waals surface area (Å²) in [5.41, 5.74) is 2.17. The molecule has 1 aromatic heterocycles. The van der Waals surface area contributed by atoms with Gasteiger partial charge >= 0.3 is 5.97 Å². The number of hydrogen-bond acceptors (Lipinski definition) is 4. The summed E-state index contributed by atoms with van der Waals surface area (Å²) in [6.07, 6.45) is 2.80. The summed E-state index contributed by atoms with van der Waals surface area (Å²) in [6, 6.07) is 8.64. The first kappa shape index (κ1) is 18.0. The van der Waals surface area contributed by atoms with E-state index in [1.54, 1.807) is 36.4 Å². The Labute approximate surface area is 156 Å². The van der Waals surface area contributed by atoms with E-state index in [2.05, 4.69) is 11.9 Å². The summed E-state index contributed by atoms with van der Waals surface area (Å²) < 4.78 is 11.0. The first-order valence-electron chi connectivity index (χ1n) is 8.24. The number of allylic oxidation sites excluding steroid dienone is 1. The Hall–Kier alpha value is -2.79. The second-order valence-corrected chi connectivity index (χ2v) is 6.33. The molecule has 2 heterocycles. The number of amides is 1. The van der Waals surface area contributed by atoms with Crippen molar-refractivity contribution in [2.45, 2.75) is 19.8 Å². The van der Waals surface area contributed by atoms with Gasteiger partial charge in [0.05, 0.1) is 17.2 Å². The number of halogens is 1. The topological polar surface area (TPSA) is 68.5 Å². The van der Waals surface area contributed by atoms with Crippen molar-refractivity contribution in [1.82, 2.24) is 5.32 Å². The molecule has 26 heavy (non-hydrogen) atoms. The molecule has 0 radical (unpaired) electrons. The molecule has 2 aromatic rings. The van der Waals surface area contributed by atoms with Gasteiger partial charge in [0.2, 0.25) is 0 Å². The van der Waals surface area contributed by atoms with Crippen molar-refractivity contribution in [2.24, 2.45) is 0 Å². The summed E-state index contributed by atoms with van der Waals surface area (Å²) in [5.74, 6) is 0.595. The Morgan fingerprint density at radius 2 is 2.12 bits per heavy atom. The van der Waals surface area contributed by atoms with E-state index in [1.807, 2.05) is 6.92 Å². The molecule has 1 aliphatic heterocycles. The molecule has 1 aliphatic rings. The molecule has 3 rings (SSSR count). The first-order valence-corrected chi connectivity index (χ1v) is 8.62. The fourth-order valence-corrected chi connectivity index (χ4v) is 2.79. The standard InChI is InChI=1S/C20H18ClNO4/c1-3-8-25-20(24)16-11-13(4-6-17(16)21)18-7-5-15(26-18)10-14-9-12(2)22-19(14)23/h4-7,9,11H,2-3,8,10H2,1H3,(H,22,23). The maximum Gasteiger partial charge on any atom is 0.339 e. The molecule has 0 aliphatic carbocycles. The fraction of sp³-hybridized carbons (Fsp3) is 0.200. The third kappa shape index (κ3) is 3.89. The zero-order valence-corrected chi connectivity index (χ0v) is 15.1. The predicted octanol–water partition coefficient (Wildman–Crippen LogP) is 4.28. The number of carbonyl (C=O) groups excluding carboxylic acids is 2. The van der Waals surface area contributed by atoms with Crippen molar-refractivity contribution in [3.63, 3.8) is 0 Å². The van der Waals surface area contributed by atoms with Crippen molar-refractivity contribution in [3.8, 4) is 11.3 Å².